The number of rotatable bonds is 5. The van der Waals surface area contributed by atoms with E-state index in [-0.39, 0.29) is 24.0 Å². The van der Waals surface area contributed by atoms with Crippen molar-refractivity contribution < 1.29 is 0 Å². The number of nitrogens with one attached hydrogen (secondary N) is 1. The number of halogens is 1. The highest BCUT2D eigenvalue weighted by atomic mass is 127. The molecule has 1 aromatic heterocycles. The molecular formula is C10H19IN4S. The van der Waals surface area contributed by atoms with Gasteiger partial charge in [-0.2, -0.15) is 0 Å². The van der Waals surface area contributed by atoms with E-state index < -0.39 is 0 Å². The molecule has 0 aliphatic rings. The van der Waals surface area contributed by atoms with E-state index in [0.717, 1.165) is 24.4 Å². The summed E-state index contributed by atoms with van der Waals surface area (Å²) in [5, 5.41) is 4.07. The number of unbranched alkanes of at least 4 members (excludes halogenated alkanes) is 1. The van der Waals surface area contributed by atoms with Crippen molar-refractivity contribution in [2.45, 2.75) is 33.2 Å². The molecule has 1 heterocycles. The lowest BCUT2D eigenvalue weighted by atomic mass is 10.3. The van der Waals surface area contributed by atoms with E-state index in [0.29, 0.717) is 12.5 Å². The Morgan fingerprint density at radius 1 is 1.62 bits per heavy atom. The fourth-order valence-electron chi connectivity index (χ4n) is 1.08. The van der Waals surface area contributed by atoms with Crippen LogP contribution in [0.25, 0.3) is 0 Å². The Balaban J connectivity index is 0.00000225. The predicted octanol–water partition coefficient (Wildman–Crippen LogP) is 2.27. The lowest BCUT2D eigenvalue weighted by Gasteiger charge is -2.02. The van der Waals surface area contributed by atoms with E-state index in [1.165, 1.54) is 4.88 Å². The van der Waals surface area contributed by atoms with E-state index in [4.69, 9.17) is 5.73 Å². The van der Waals surface area contributed by atoms with E-state index in [1.54, 1.807) is 11.3 Å². The molecule has 4 nitrogen and oxygen atoms in total. The van der Waals surface area contributed by atoms with Crippen LogP contribution >= 0.6 is 35.3 Å². The first-order chi connectivity index (χ1) is 7.22. The lowest BCUT2D eigenvalue weighted by Crippen LogP contribution is -2.32. The van der Waals surface area contributed by atoms with Crippen molar-refractivity contribution in [3.8, 4) is 0 Å². The molecule has 1 aromatic rings. The van der Waals surface area contributed by atoms with Crippen LogP contribution in [0.5, 0.6) is 0 Å². The first kappa shape index (κ1) is 15.6. The first-order valence-corrected chi connectivity index (χ1v) is 5.99. The van der Waals surface area contributed by atoms with Gasteiger partial charge in [-0.05, 0) is 13.3 Å². The van der Waals surface area contributed by atoms with Gasteiger partial charge < -0.3 is 11.1 Å². The summed E-state index contributed by atoms with van der Waals surface area (Å²) in [6.45, 7) is 5.65. The first-order valence-electron chi connectivity index (χ1n) is 5.17. The Hall–Kier alpha value is -0.370. The normalized spacial score (nSPS) is 11.0. The molecule has 0 saturated carbocycles. The van der Waals surface area contributed by atoms with Gasteiger partial charge in [0.25, 0.3) is 0 Å². The summed E-state index contributed by atoms with van der Waals surface area (Å²) in [4.78, 5) is 9.63. The van der Waals surface area contributed by atoms with Crippen LogP contribution in [-0.4, -0.2) is 17.5 Å². The van der Waals surface area contributed by atoms with Crippen LogP contribution in [0, 0.1) is 6.92 Å². The minimum Gasteiger partial charge on any atom is -0.370 e. The summed E-state index contributed by atoms with van der Waals surface area (Å²) >= 11 is 1.66. The largest absolute Gasteiger partial charge is 0.370 e. The van der Waals surface area contributed by atoms with Gasteiger partial charge >= 0.3 is 0 Å². The van der Waals surface area contributed by atoms with Crippen molar-refractivity contribution in [1.82, 2.24) is 10.3 Å². The molecule has 0 amide bonds. The van der Waals surface area contributed by atoms with Crippen LogP contribution in [0.15, 0.2) is 11.2 Å². The van der Waals surface area contributed by atoms with Gasteiger partial charge in [-0.1, -0.05) is 13.3 Å². The Morgan fingerprint density at radius 3 is 2.94 bits per heavy atom. The van der Waals surface area contributed by atoms with Crippen LogP contribution in [0.3, 0.4) is 0 Å². The second kappa shape index (κ2) is 8.74. The minimum atomic E-state index is 0. The number of nitrogens with two attached hydrogens (primary N) is 1. The molecule has 0 bridgehead atoms. The number of thiazole rings is 1. The van der Waals surface area contributed by atoms with Gasteiger partial charge in [0.15, 0.2) is 5.96 Å². The standard InChI is InChI=1S/C10H18N4S.HI/c1-3-4-5-12-10(11)14-7-9-13-6-8(2)15-9;/h6H,3-5,7H2,1-2H3,(H3,11,12,14);1H. The quantitative estimate of drug-likeness (QED) is 0.369. The molecular weight excluding hydrogens is 335 g/mol. The Morgan fingerprint density at radius 2 is 2.38 bits per heavy atom. The molecule has 0 aliphatic heterocycles. The Labute approximate surface area is 118 Å². The highest BCUT2D eigenvalue weighted by molar-refractivity contribution is 14.0. The Bertz CT molecular complexity index is 324. The van der Waals surface area contributed by atoms with Crippen molar-refractivity contribution in [2.75, 3.05) is 6.54 Å². The van der Waals surface area contributed by atoms with Crippen molar-refractivity contribution >= 4 is 41.3 Å². The fraction of sp³-hybridized carbons (Fsp3) is 0.600. The second-order valence-corrected chi connectivity index (χ2v) is 4.67. The third kappa shape index (κ3) is 6.26. The minimum absolute atomic E-state index is 0. The van der Waals surface area contributed by atoms with Gasteiger partial charge in [-0.15, -0.1) is 35.3 Å². The monoisotopic (exact) mass is 354 g/mol. The van der Waals surface area contributed by atoms with E-state index in [9.17, 15) is 0 Å². The van der Waals surface area contributed by atoms with Crippen molar-refractivity contribution in [3.63, 3.8) is 0 Å². The number of guanidine groups is 1. The third-order valence-electron chi connectivity index (χ3n) is 1.89. The molecule has 1 rings (SSSR count). The average molecular weight is 354 g/mol. The molecule has 0 atom stereocenters. The summed E-state index contributed by atoms with van der Waals surface area (Å²) < 4.78 is 0. The third-order valence-corrected chi connectivity index (χ3v) is 2.79. The summed E-state index contributed by atoms with van der Waals surface area (Å²) in [6.07, 6.45) is 4.13. The van der Waals surface area contributed by atoms with Crippen LogP contribution in [0.2, 0.25) is 0 Å². The smallest absolute Gasteiger partial charge is 0.189 e. The average Bonchev–Trinajstić information content (AvgIpc) is 2.62. The zero-order valence-corrected chi connectivity index (χ0v) is 12.8. The highest BCUT2D eigenvalue weighted by Gasteiger charge is 1.97. The fourth-order valence-corrected chi connectivity index (χ4v) is 1.79. The topological polar surface area (TPSA) is 63.3 Å². The van der Waals surface area contributed by atoms with Gasteiger partial charge in [0.1, 0.15) is 5.01 Å². The molecule has 16 heavy (non-hydrogen) atoms. The molecule has 92 valence electrons. The zero-order valence-electron chi connectivity index (χ0n) is 9.69. The number of aryl methyl sites for hydroxylation is 1. The van der Waals surface area contributed by atoms with Crippen LogP contribution < -0.4 is 11.1 Å². The molecule has 0 spiro atoms. The van der Waals surface area contributed by atoms with Crippen LogP contribution in [0.4, 0.5) is 0 Å². The molecule has 0 fully saturated rings. The van der Waals surface area contributed by atoms with Crippen molar-refractivity contribution in [1.29, 1.82) is 0 Å². The Kier molecular flexibility index (Phi) is 8.54. The highest BCUT2D eigenvalue weighted by Crippen LogP contribution is 2.11. The maximum absolute atomic E-state index is 5.68. The summed E-state index contributed by atoms with van der Waals surface area (Å²) in [6, 6.07) is 0. The van der Waals surface area contributed by atoms with E-state index >= 15 is 0 Å². The van der Waals surface area contributed by atoms with Gasteiger partial charge in [0.2, 0.25) is 0 Å². The maximum atomic E-state index is 5.68. The van der Waals surface area contributed by atoms with Gasteiger partial charge in [0, 0.05) is 17.6 Å². The SMILES string of the molecule is CCCCNC(N)=NCc1ncc(C)s1.I. The summed E-state index contributed by atoms with van der Waals surface area (Å²) in [5.74, 6) is 0.510. The number of aromatic nitrogens is 1. The number of hydrogen-bond acceptors (Lipinski definition) is 3. The molecule has 0 aromatic carbocycles. The molecule has 0 unspecified atom stereocenters. The lowest BCUT2D eigenvalue weighted by molar-refractivity contribution is 0.748. The second-order valence-electron chi connectivity index (χ2n) is 3.35. The number of nitrogens with zero attached hydrogens (tertiary/aromatic N) is 2. The maximum Gasteiger partial charge on any atom is 0.189 e. The summed E-state index contributed by atoms with van der Waals surface area (Å²) in [5.41, 5.74) is 5.68. The predicted molar refractivity (Wildman–Crippen MR) is 80.5 cm³/mol. The van der Waals surface area contributed by atoms with Gasteiger partial charge in [-0.25, -0.2) is 9.98 Å². The molecule has 6 heteroatoms. The van der Waals surface area contributed by atoms with Crippen LogP contribution in [-0.2, 0) is 6.54 Å². The van der Waals surface area contributed by atoms with Crippen molar-refractivity contribution in [2.24, 2.45) is 10.7 Å². The van der Waals surface area contributed by atoms with Crippen LogP contribution in [0.1, 0.15) is 29.7 Å². The summed E-state index contributed by atoms with van der Waals surface area (Å²) in [7, 11) is 0. The van der Waals surface area contributed by atoms with E-state index in [2.05, 4.69) is 22.2 Å². The molecule has 0 saturated heterocycles. The van der Waals surface area contributed by atoms with Gasteiger partial charge in [-0.3, -0.25) is 0 Å². The zero-order chi connectivity index (χ0) is 11.1. The van der Waals surface area contributed by atoms with Gasteiger partial charge in [0.05, 0.1) is 6.54 Å². The van der Waals surface area contributed by atoms with E-state index in [1.807, 2.05) is 13.1 Å². The molecule has 0 aliphatic carbocycles. The molecule has 0 radical (unpaired) electrons. The van der Waals surface area contributed by atoms with Crippen molar-refractivity contribution in [3.05, 3.63) is 16.1 Å². The number of aliphatic imine (C=N–C) groups is 1. The number of hydrogen-bond donors (Lipinski definition) is 2. The molecule has 3 N–H and O–H groups in total.